The van der Waals surface area contributed by atoms with Gasteiger partial charge in [-0.05, 0) is 25.1 Å². The Balaban J connectivity index is 2.26. The number of carbonyl (C=O) groups excluding carboxylic acids is 1. The van der Waals surface area contributed by atoms with Gasteiger partial charge in [-0.3, -0.25) is 0 Å². The van der Waals surface area contributed by atoms with Gasteiger partial charge in [0.25, 0.3) is 0 Å². The van der Waals surface area contributed by atoms with Crippen LogP contribution < -0.4 is 4.90 Å². The Morgan fingerprint density at radius 3 is 2.90 bits per heavy atom. The molecule has 0 unspecified atom stereocenters. The summed E-state index contributed by atoms with van der Waals surface area (Å²) in [4.78, 5) is 16.7. The monoisotopic (exact) mass is 318 g/mol. The van der Waals surface area contributed by atoms with Gasteiger partial charge in [0.05, 0.1) is 12.2 Å². The van der Waals surface area contributed by atoms with E-state index in [1.165, 1.54) is 17.8 Å². The molecule has 21 heavy (non-hydrogen) atoms. The van der Waals surface area contributed by atoms with Gasteiger partial charge in [-0.15, -0.1) is 0 Å². The lowest BCUT2D eigenvalue weighted by molar-refractivity contribution is -0.137. The lowest BCUT2D eigenvalue weighted by Crippen LogP contribution is -2.25. The highest BCUT2D eigenvalue weighted by Gasteiger charge is 2.32. The van der Waals surface area contributed by atoms with Crippen molar-refractivity contribution < 1.29 is 22.7 Å². The van der Waals surface area contributed by atoms with Crippen LogP contribution in [0.1, 0.15) is 12.5 Å². The molecule has 1 fully saturated rings. The first-order valence-electron chi connectivity index (χ1n) is 6.25. The molecule has 1 saturated heterocycles. The summed E-state index contributed by atoms with van der Waals surface area (Å²) in [6.45, 7) is 2.35. The second-order valence-electron chi connectivity index (χ2n) is 4.14. The van der Waals surface area contributed by atoms with E-state index in [1.807, 2.05) is 0 Å². The second kappa shape index (κ2) is 6.38. The smallest absolute Gasteiger partial charge is 0.436 e. The predicted molar refractivity (Wildman–Crippen MR) is 75.7 cm³/mol. The zero-order valence-corrected chi connectivity index (χ0v) is 12.0. The lowest BCUT2D eigenvalue weighted by atomic mass is 10.2. The summed E-state index contributed by atoms with van der Waals surface area (Å²) < 4.78 is 42.9. The third-order valence-corrected chi connectivity index (χ3v) is 3.67. The molecule has 0 aliphatic carbocycles. The van der Waals surface area contributed by atoms with E-state index in [9.17, 15) is 18.0 Å². The molecular formula is C13H13F3N2O2S. The van der Waals surface area contributed by atoms with Gasteiger partial charge < -0.3 is 9.64 Å². The molecule has 0 bridgehead atoms. The molecule has 1 aromatic carbocycles. The number of amides is 1. The van der Waals surface area contributed by atoms with E-state index in [1.54, 1.807) is 17.9 Å². The van der Waals surface area contributed by atoms with Crippen molar-refractivity contribution in [3.05, 3.63) is 29.8 Å². The number of alkyl halides is 3. The van der Waals surface area contributed by atoms with E-state index in [0.717, 1.165) is 12.1 Å². The van der Waals surface area contributed by atoms with Crippen molar-refractivity contribution in [2.75, 3.05) is 23.8 Å². The molecule has 1 aromatic rings. The number of hydrogen-bond donors (Lipinski definition) is 0. The van der Waals surface area contributed by atoms with Gasteiger partial charge in [-0.2, -0.15) is 18.2 Å². The maximum atomic E-state index is 12.7. The minimum absolute atomic E-state index is 0.198. The maximum absolute atomic E-state index is 12.7. The Bertz CT molecular complexity index is 561. The Morgan fingerprint density at radius 2 is 2.24 bits per heavy atom. The molecule has 4 nitrogen and oxygen atoms in total. The number of nitrogens with zero attached hydrogens (tertiary/aromatic N) is 2. The van der Waals surface area contributed by atoms with Gasteiger partial charge in [0.2, 0.25) is 0 Å². The van der Waals surface area contributed by atoms with Crippen molar-refractivity contribution in [2.45, 2.75) is 13.1 Å². The van der Waals surface area contributed by atoms with Crippen LogP contribution in [0.2, 0.25) is 0 Å². The fourth-order valence-corrected chi connectivity index (χ4v) is 2.77. The molecule has 0 spiro atoms. The highest BCUT2D eigenvalue weighted by Crippen LogP contribution is 2.33. The van der Waals surface area contributed by atoms with E-state index in [-0.39, 0.29) is 6.61 Å². The third kappa shape index (κ3) is 3.90. The predicted octanol–water partition coefficient (Wildman–Crippen LogP) is 3.77. The zero-order chi connectivity index (χ0) is 15.5. The van der Waals surface area contributed by atoms with Crippen LogP contribution >= 0.6 is 11.8 Å². The average Bonchev–Trinajstić information content (AvgIpc) is 2.86. The highest BCUT2D eigenvalue weighted by molar-refractivity contribution is 8.14. The van der Waals surface area contributed by atoms with Gasteiger partial charge in [0, 0.05) is 18.0 Å². The standard InChI is InChI=1S/C13H13F3N2O2S/c1-2-20-12(19)17-11-18(6-7-21-11)10-5-3-4-9(8-10)13(14,15)16/h3-5,8H,2,6-7H2,1H3/b17-11-. The molecule has 1 amide bonds. The molecule has 114 valence electrons. The normalized spacial score (nSPS) is 17.3. The van der Waals surface area contributed by atoms with Gasteiger partial charge in [0.1, 0.15) is 0 Å². The lowest BCUT2D eigenvalue weighted by Gasteiger charge is -2.19. The first kappa shape index (κ1) is 15.7. The minimum Gasteiger partial charge on any atom is -0.448 e. The fraction of sp³-hybridized carbons (Fsp3) is 0.385. The number of thioether (sulfide) groups is 1. The molecule has 0 N–H and O–H groups in total. The third-order valence-electron chi connectivity index (χ3n) is 2.72. The van der Waals surface area contributed by atoms with Crippen LogP contribution in [-0.2, 0) is 10.9 Å². The molecule has 1 heterocycles. The van der Waals surface area contributed by atoms with Gasteiger partial charge in [-0.1, -0.05) is 17.8 Å². The van der Waals surface area contributed by atoms with E-state index in [0.29, 0.717) is 23.2 Å². The number of amidine groups is 1. The topological polar surface area (TPSA) is 41.9 Å². The summed E-state index contributed by atoms with van der Waals surface area (Å²) in [6, 6.07) is 4.95. The Morgan fingerprint density at radius 1 is 1.48 bits per heavy atom. The number of hydrogen-bond acceptors (Lipinski definition) is 3. The molecule has 0 atom stereocenters. The summed E-state index contributed by atoms with van der Waals surface area (Å²) in [7, 11) is 0. The summed E-state index contributed by atoms with van der Waals surface area (Å²) in [6.07, 6.45) is -5.14. The van der Waals surface area contributed by atoms with Crippen molar-refractivity contribution in [2.24, 2.45) is 4.99 Å². The first-order valence-corrected chi connectivity index (χ1v) is 7.23. The van der Waals surface area contributed by atoms with Crippen LogP contribution in [0.3, 0.4) is 0 Å². The summed E-state index contributed by atoms with van der Waals surface area (Å²) >= 11 is 1.31. The zero-order valence-electron chi connectivity index (χ0n) is 11.2. The summed E-state index contributed by atoms with van der Waals surface area (Å²) in [5.74, 6) is 0.647. The summed E-state index contributed by atoms with van der Waals surface area (Å²) in [5.41, 5.74) is -0.370. The largest absolute Gasteiger partial charge is 0.448 e. The van der Waals surface area contributed by atoms with Crippen molar-refractivity contribution in [1.29, 1.82) is 0 Å². The van der Waals surface area contributed by atoms with Crippen molar-refractivity contribution in [3.8, 4) is 0 Å². The maximum Gasteiger partial charge on any atom is 0.436 e. The number of carbonyl (C=O) groups is 1. The molecule has 8 heteroatoms. The van der Waals surface area contributed by atoms with Crippen molar-refractivity contribution in [1.82, 2.24) is 0 Å². The van der Waals surface area contributed by atoms with Crippen LogP contribution in [0.4, 0.5) is 23.7 Å². The first-order chi connectivity index (χ1) is 9.91. The minimum atomic E-state index is -4.40. The fourth-order valence-electron chi connectivity index (χ4n) is 1.82. The van der Waals surface area contributed by atoms with Crippen LogP contribution in [0.25, 0.3) is 0 Å². The SMILES string of the molecule is CCOC(=O)/N=C1\SCCN1c1cccc(C(F)(F)F)c1. The Kier molecular flexibility index (Phi) is 4.76. The number of halogens is 3. The number of ether oxygens (including phenoxy) is 1. The van der Waals surface area contributed by atoms with Crippen LogP contribution in [0.15, 0.2) is 29.3 Å². The van der Waals surface area contributed by atoms with E-state index < -0.39 is 17.8 Å². The highest BCUT2D eigenvalue weighted by atomic mass is 32.2. The average molecular weight is 318 g/mol. The number of rotatable bonds is 2. The second-order valence-corrected chi connectivity index (χ2v) is 5.20. The van der Waals surface area contributed by atoms with Crippen molar-refractivity contribution in [3.63, 3.8) is 0 Å². The quantitative estimate of drug-likeness (QED) is 0.832. The van der Waals surface area contributed by atoms with Crippen LogP contribution in [0.5, 0.6) is 0 Å². The number of anilines is 1. The molecule has 0 saturated carbocycles. The van der Waals surface area contributed by atoms with Crippen LogP contribution in [0, 0.1) is 0 Å². The molecule has 0 radical (unpaired) electrons. The Hall–Kier alpha value is -1.70. The van der Waals surface area contributed by atoms with Crippen LogP contribution in [-0.4, -0.2) is 30.2 Å². The van der Waals surface area contributed by atoms with E-state index in [2.05, 4.69) is 4.99 Å². The van der Waals surface area contributed by atoms with E-state index in [4.69, 9.17) is 4.74 Å². The number of benzene rings is 1. The van der Waals surface area contributed by atoms with Gasteiger partial charge in [-0.25, -0.2) is 4.79 Å². The molecule has 1 aliphatic rings. The van der Waals surface area contributed by atoms with Gasteiger partial charge in [0.15, 0.2) is 5.17 Å². The van der Waals surface area contributed by atoms with E-state index >= 15 is 0 Å². The number of aliphatic imine (C=N–C) groups is 1. The van der Waals surface area contributed by atoms with Crippen molar-refractivity contribution >= 4 is 28.7 Å². The molecule has 1 aliphatic heterocycles. The molecule has 2 rings (SSSR count). The Labute approximate surface area is 124 Å². The molecular weight excluding hydrogens is 305 g/mol. The molecule has 0 aromatic heterocycles. The van der Waals surface area contributed by atoms with Gasteiger partial charge >= 0.3 is 12.3 Å². The summed E-state index contributed by atoms with van der Waals surface area (Å²) in [5, 5.41) is 0.354.